The molecule has 0 fully saturated rings. The van der Waals surface area contributed by atoms with Gasteiger partial charge in [-0.25, -0.2) is 0 Å². The van der Waals surface area contributed by atoms with E-state index in [1.165, 1.54) is 44.9 Å². The lowest BCUT2D eigenvalue weighted by Crippen LogP contribution is -1.77. The highest BCUT2D eigenvalue weighted by Gasteiger charge is 1.87. The average molecular weight is 229 g/mol. The van der Waals surface area contributed by atoms with Crippen molar-refractivity contribution in [1.82, 2.24) is 0 Å². The highest BCUT2D eigenvalue weighted by molar-refractivity contribution is 6.17. The Balaban J connectivity index is 3.09. The zero-order chi connectivity index (χ0) is 11.2. The Morgan fingerprint density at radius 1 is 0.800 bits per heavy atom. The molecular weight excluding hydrogens is 204 g/mol. The minimum absolute atomic E-state index is 0.724. The molecule has 0 bridgehead atoms. The highest BCUT2D eigenvalue weighted by Crippen LogP contribution is 2.07. The van der Waals surface area contributed by atoms with E-state index in [0.717, 1.165) is 12.3 Å². The van der Waals surface area contributed by atoms with Gasteiger partial charge in [-0.3, -0.25) is 0 Å². The number of alkyl halides is 1. The van der Waals surface area contributed by atoms with Crippen molar-refractivity contribution < 1.29 is 0 Å². The highest BCUT2D eigenvalue weighted by atomic mass is 35.5. The van der Waals surface area contributed by atoms with Crippen LogP contribution in [0, 0.1) is 0 Å². The Kier molecular flexibility index (Phi) is 13.6. The lowest BCUT2D eigenvalue weighted by atomic mass is 10.1. The van der Waals surface area contributed by atoms with E-state index in [-0.39, 0.29) is 0 Å². The minimum atomic E-state index is 0.724. The van der Waals surface area contributed by atoms with Crippen LogP contribution in [0.2, 0.25) is 0 Å². The molecule has 0 amide bonds. The van der Waals surface area contributed by atoms with Crippen molar-refractivity contribution in [2.45, 2.75) is 58.3 Å². The van der Waals surface area contributed by atoms with Gasteiger partial charge in [-0.2, -0.15) is 0 Å². The van der Waals surface area contributed by atoms with E-state index in [4.69, 9.17) is 11.6 Å². The van der Waals surface area contributed by atoms with E-state index in [1.807, 2.05) is 0 Å². The predicted octanol–water partition coefficient (Wildman–Crippen LogP) is 5.48. The number of allylic oxidation sites excluding steroid dienone is 4. The van der Waals surface area contributed by atoms with Crippen LogP contribution in [0.25, 0.3) is 0 Å². The molecule has 0 nitrogen and oxygen atoms in total. The maximum absolute atomic E-state index is 5.55. The molecule has 0 aromatic heterocycles. The normalized spacial score (nSPS) is 11.9. The molecule has 0 saturated carbocycles. The van der Waals surface area contributed by atoms with Crippen molar-refractivity contribution in [1.29, 1.82) is 0 Å². The van der Waals surface area contributed by atoms with E-state index < -0.39 is 0 Å². The first-order valence-corrected chi connectivity index (χ1v) is 6.83. The molecule has 15 heavy (non-hydrogen) atoms. The van der Waals surface area contributed by atoms with Crippen LogP contribution in [0.3, 0.4) is 0 Å². The Labute approximate surface area is 100 Å². The standard InChI is InChI=1S/C14H25Cl/c1-2-3-4-5-6-7-8-9-10-11-12-13-14-15/h9-12H,2-8,13-14H2,1H3. The van der Waals surface area contributed by atoms with Crippen LogP contribution in [0.5, 0.6) is 0 Å². The summed E-state index contributed by atoms with van der Waals surface area (Å²) in [6.45, 7) is 2.26. The molecule has 0 saturated heterocycles. The first kappa shape index (κ1) is 14.8. The first-order chi connectivity index (χ1) is 7.41. The van der Waals surface area contributed by atoms with Crippen LogP contribution >= 0.6 is 11.6 Å². The van der Waals surface area contributed by atoms with Crippen molar-refractivity contribution in [3.05, 3.63) is 24.3 Å². The van der Waals surface area contributed by atoms with Crippen LogP contribution in [-0.4, -0.2) is 5.88 Å². The summed E-state index contributed by atoms with van der Waals surface area (Å²) < 4.78 is 0. The molecule has 0 radical (unpaired) electrons. The quantitative estimate of drug-likeness (QED) is 0.264. The molecular formula is C14H25Cl. The van der Waals surface area contributed by atoms with E-state index in [2.05, 4.69) is 31.2 Å². The number of halogens is 1. The number of hydrogen-bond acceptors (Lipinski definition) is 0. The molecule has 0 atom stereocenters. The molecule has 0 aromatic carbocycles. The Bertz CT molecular complexity index is 159. The third-order valence-electron chi connectivity index (χ3n) is 2.38. The molecule has 0 N–H and O–H groups in total. The number of unbranched alkanes of at least 4 members (excludes halogenated alkanes) is 6. The van der Waals surface area contributed by atoms with Gasteiger partial charge in [-0.15, -0.1) is 11.6 Å². The SMILES string of the molecule is CCCCCCCCC=CC=CCCCl. The molecule has 0 rings (SSSR count). The Morgan fingerprint density at radius 2 is 1.40 bits per heavy atom. The summed E-state index contributed by atoms with van der Waals surface area (Å²) in [6, 6.07) is 0. The number of hydrogen-bond donors (Lipinski definition) is 0. The fourth-order valence-corrected chi connectivity index (χ4v) is 1.58. The molecule has 0 aromatic rings. The second-order valence-electron chi connectivity index (χ2n) is 3.89. The van der Waals surface area contributed by atoms with Gasteiger partial charge in [0, 0.05) is 5.88 Å². The maximum Gasteiger partial charge on any atom is 0.0258 e. The van der Waals surface area contributed by atoms with Crippen LogP contribution in [0.4, 0.5) is 0 Å². The summed E-state index contributed by atoms with van der Waals surface area (Å²) in [5.41, 5.74) is 0. The van der Waals surface area contributed by atoms with E-state index in [9.17, 15) is 0 Å². The van der Waals surface area contributed by atoms with Crippen LogP contribution in [0.1, 0.15) is 58.3 Å². The van der Waals surface area contributed by atoms with Gasteiger partial charge in [0.2, 0.25) is 0 Å². The van der Waals surface area contributed by atoms with Crippen molar-refractivity contribution in [2.24, 2.45) is 0 Å². The third kappa shape index (κ3) is 13.8. The fourth-order valence-electron chi connectivity index (χ4n) is 1.46. The fraction of sp³-hybridized carbons (Fsp3) is 0.714. The maximum atomic E-state index is 5.55. The zero-order valence-electron chi connectivity index (χ0n) is 10.1. The summed E-state index contributed by atoms with van der Waals surface area (Å²) in [7, 11) is 0. The summed E-state index contributed by atoms with van der Waals surface area (Å²) in [5, 5.41) is 0. The molecule has 0 spiro atoms. The first-order valence-electron chi connectivity index (χ1n) is 6.29. The van der Waals surface area contributed by atoms with Crippen molar-refractivity contribution in [3.63, 3.8) is 0 Å². The van der Waals surface area contributed by atoms with Gasteiger partial charge in [0.05, 0.1) is 0 Å². The van der Waals surface area contributed by atoms with Crippen LogP contribution < -0.4 is 0 Å². The second kappa shape index (κ2) is 13.8. The average Bonchev–Trinajstić information content (AvgIpc) is 2.26. The molecule has 0 aliphatic heterocycles. The third-order valence-corrected chi connectivity index (χ3v) is 2.60. The summed E-state index contributed by atoms with van der Waals surface area (Å²) in [4.78, 5) is 0. The second-order valence-corrected chi connectivity index (χ2v) is 4.27. The Morgan fingerprint density at radius 3 is 2.07 bits per heavy atom. The van der Waals surface area contributed by atoms with Crippen molar-refractivity contribution in [3.8, 4) is 0 Å². The largest absolute Gasteiger partial charge is 0.126 e. The van der Waals surface area contributed by atoms with Crippen molar-refractivity contribution in [2.75, 3.05) is 5.88 Å². The molecule has 1 heteroatoms. The molecule has 0 heterocycles. The zero-order valence-corrected chi connectivity index (χ0v) is 10.8. The predicted molar refractivity (Wildman–Crippen MR) is 71.6 cm³/mol. The van der Waals surface area contributed by atoms with E-state index in [0.29, 0.717) is 0 Å². The van der Waals surface area contributed by atoms with Gasteiger partial charge in [0.15, 0.2) is 0 Å². The van der Waals surface area contributed by atoms with Gasteiger partial charge in [-0.1, -0.05) is 63.3 Å². The van der Waals surface area contributed by atoms with Gasteiger partial charge in [0.1, 0.15) is 0 Å². The van der Waals surface area contributed by atoms with E-state index in [1.54, 1.807) is 0 Å². The monoisotopic (exact) mass is 228 g/mol. The molecule has 0 unspecified atom stereocenters. The lowest BCUT2D eigenvalue weighted by molar-refractivity contribution is 0.611. The molecule has 88 valence electrons. The van der Waals surface area contributed by atoms with Gasteiger partial charge in [0.25, 0.3) is 0 Å². The summed E-state index contributed by atoms with van der Waals surface area (Å²) in [5.74, 6) is 0.724. The Hall–Kier alpha value is -0.230. The van der Waals surface area contributed by atoms with Gasteiger partial charge < -0.3 is 0 Å². The van der Waals surface area contributed by atoms with Crippen LogP contribution in [-0.2, 0) is 0 Å². The molecule has 0 aliphatic carbocycles. The summed E-state index contributed by atoms with van der Waals surface area (Å²) in [6.07, 6.45) is 19.1. The van der Waals surface area contributed by atoms with E-state index >= 15 is 0 Å². The summed E-state index contributed by atoms with van der Waals surface area (Å²) >= 11 is 5.55. The molecule has 0 aliphatic rings. The van der Waals surface area contributed by atoms with Gasteiger partial charge in [-0.05, 0) is 19.3 Å². The smallest absolute Gasteiger partial charge is 0.0258 e. The minimum Gasteiger partial charge on any atom is -0.126 e. The topological polar surface area (TPSA) is 0 Å². The van der Waals surface area contributed by atoms with Gasteiger partial charge >= 0.3 is 0 Å². The number of rotatable bonds is 10. The van der Waals surface area contributed by atoms with Crippen LogP contribution in [0.15, 0.2) is 24.3 Å². The lowest BCUT2D eigenvalue weighted by Gasteiger charge is -1.97. The van der Waals surface area contributed by atoms with Crippen molar-refractivity contribution >= 4 is 11.6 Å².